The molecular weight excluding hydrogens is 550 g/mol. The highest BCUT2D eigenvalue weighted by Gasteiger charge is 2.28. The first-order chi connectivity index (χ1) is 20.1. The fourth-order valence-corrected chi connectivity index (χ4v) is 5.35. The molecule has 4 aromatic rings. The van der Waals surface area contributed by atoms with Crippen molar-refractivity contribution < 1.29 is 9.59 Å². The lowest BCUT2D eigenvalue weighted by atomic mass is 9.99. The molecule has 8 nitrogen and oxygen atoms in total. The zero-order chi connectivity index (χ0) is 30.0. The van der Waals surface area contributed by atoms with Gasteiger partial charge >= 0.3 is 0 Å². The van der Waals surface area contributed by atoms with Gasteiger partial charge in [0.25, 0.3) is 5.56 Å². The number of nitrogens with zero attached hydrogens (tertiary/aromatic N) is 3. The maximum Gasteiger partial charge on any atom is 0.250 e. The minimum atomic E-state index is -0.826. The summed E-state index contributed by atoms with van der Waals surface area (Å²) in [6, 6.07) is 15.7. The van der Waals surface area contributed by atoms with Crippen LogP contribution in [0.4, 0.5) is 5.69 Å². The summed E-state index contributed by atoms with van der Waals surface area (Å²) in [6.45, 7) is 5.92. The van der Waals surface area contributed by atoms with Crippen LogP contribution in [0.1, 0.15) is 50.3 Å². The van der Waals surface area contributed by atoms with Gasteiger partial charge in [0.15, 0.2) is 0 Å². The highest BCUT2D eigenvalue weighted by atomic mass is 35.5. The van der Waals surface area contributed by atoms with Gasteiger partial charge in [-0.15, -0.1) is 0 Å². The van der Waals surface area contributed by atoms with Crippen LogP contribution in [0, 0.1) is 12.8 Å². The maximum absolute atomic E-state index is 13.6. The summed E-state index contributed by atoms with van der Waals surface area (Å²) in [7, 11) is 1.90. The summed E-state index contributed by atoms with van der Waals surface area (Å²) in [4.78, 5) is 38.7. The summed E-state index contributed by atoms with van der Waals surface area (Å²) in [5.74, 6) is -0.0744. The van der Waals surface area contributed by atoms with Gasteiger partial charge in [0, 0.05) is 54.5 Å². The Morgan fingerprint density at radius 3 is 2.36 bits per heavy atom. The predicted molar refractivity (Wildman–Crippen MR) is 167 cm³/mol. The number of nitrogens with one attached hydrogen (secondary N) is 2. The van der Waals surface area contributed by atoms with E-state index in [1.54, 1.807) is 22.8 Å². The molecule has 5 rings (SSSR count). The van der Waals surface area contributed by atoms with Crippen LogP contribution in [0.3, 0.4) is 0 Å². The molecule has 1 atom stereocenters. The molecule has 2 amide bonds. The van der Waals surface area contributed by atoms with Crippen LogP contribution in [-0.2, 0) is 23.1 Å². The third-order valence-corrected chi connectivity index (χ3v) is 8.04. The number of rotatable bonds is 10. The fourth-order valence-electron chi connectivity index (χ4n) is 5.16. The SMILES string of the molecule is Cc1cnn(C)c1-c1ccc(NC(=O)[C@H](Cc2cc(-c3ccc(=O)n(C(C)C)c3)ccc2Cl)NC(=O)CC2CC2)cc1. The van der Waals surface area contributed by atoms with Gasteiger partial charge in [-0.1, -0.05) is 29.8 Å². The quantitative estimate of drug-likeness (QED) is 0.241. The van der Waals surface area contributed by atoms with Crippen molar-refractivity contribution in [3.05, 3.63) is 93.5 Å². The lowest BCUT2D eigenvalue weighted by Crippen LogP contribution is -2.45. The summed E-state index contributed by atoms with van der Waals surface area (Å²) in [5, 5.41) is 10.7. The van der Waals surface area contributed by atoms with E-state index in [1.165, 1.54) is 0 Å². The van der Waals surface area contributed by atoms with Gasteiger partial charge in [0.1, 0.15) is 6.04 Å². The van der Waals surface area contributed by atoms with Gasteiger partial charge < -0.3 is 15.2 Å². The minimum absolute atomic E-state index is 0.0150. The second-order valence-corrected chi connectivity index (χ2v) is 11.8. The summed E-state index contributed by atoms with van der Waals surface area (Å²) < 4.78 is 3.50. The number of aromatic nitrogens is 3. The topological polar surface area (TPSA) is 98.0 Å². The van der Waals surface area contributed by atoms with Crippen molar-refractivity contribution in [2.24, 2.45) is 13.0 Å². The average molecular weight is 586 g/mol. The zero-order valence-electron chi connectivity index (χ0n) is 24.4. The van der Waals surface area contributed by atoms with E-state index >= 15 is 0 Å². The summed E-state index contributed by atoms with van der Waals surface area (Å²) in [5.41, 5.74) is 6.09. The molecule has 0 saturated heterocycles. The molecule has 0 unspecified atom stereocenters. The van der Waals surface area contributed by atoms with Crippen LogP contribution in [0.5, 0.6) is 0 Å². The molecule has 2 aromatic carbocycles. The monoisotopic (exact) mass is 585 g/mol. The van der Waals surface area contributed by atoms with Crippen molar-refractivity contribution in [1.29, 1.82) is 0 Å². The zero-order valence-corrected chi connectivity index (χ0v) is 25.1. The molecule has 2 N–H and O–H groups in total. The van der Waals surface area contributed by atoms with Crippen LogP contribution >= 0.6 is 11.6 Å². The Balaban J connectivity index is 1.38. The molecule has 2 heterocycles. The number of anilines is 1. The highest BCUT2D eigenvalue weighted by Crippen LogP contribution is 2.32. The van der Waals surface area contributed by atoms with Crippen LogP contribution in [0.15, 0.2) is 71.8 Å². The number of carbonyl (C=O) groups excluding carboxylic acids is 2. The normalized spacial score (nSPS) is 13.7. The number of hydrogen-bond acceptors (Lipinski definition) is 4. The van der Waals surface area contributed by atoms with Crippen molar-refractivity contribution in [2.45, 2.75) is 58.5 Å². The number of pyridine rings is 1. The Morgan fingerprint density at radius 1 is 1.02 bits per heavy atom. The van der Waals surface area contributed by atoms with Crippen molar-refractivity contribution in [1.82, 2.24) is 19.7 Å². The van der Waals surface area contributed by atoms with Crippen LogP contribution < -0.4 is 16.2 Å². The Morgan fingerprint density at radius 2 is 1.71 bits per heavy atom. The van der Waals surface area contributed by atoms with Gasteiger partial charge in [-0.3, -0.25) is 19.1 Å². The number of amides is 2. The third kappa shape index (κ3) is 6.82. The van der Waals surface area contributed by atoms with E-state index in [4.69, 9.17) is 11.6 Å². The fraction of sp³-hybridized carbons (Fsp3) is 0.333. The van der Waals surface area contributed by atoms with E-state index < -0.39 is 6.04 Å². The van der Waals surface area contributed by atoms with Crippen molar-refractivity contribution >= 4 is 29.1 Å². The number of aryl methyl sites for hydroxylation is 2. The van der Waals surface area contributed by atoms with Crippen molar-refractivity contribution in [3.63, 3.8) is 0 Å². The van der Waals surface area contributed by atoms with Gasteiger partial charge in [-0.2, -0.15) is 5.10 Å². The molecule has 9 heteroatoms. The molecule has 2 aromatic heterocycles. The maximum atomic E-state index is 13.6. The number of hydrogen-bond donors (Lipinski definition) is 2. The summed E-state index contributed by atoms with van der Waals surface area (Å²) in [6.07, 6.45) is 6.36. The number of benzene rings is 2. The molecule has 218 valence electrons. The molecule has 0 spiro atoms. The molecule has 1 fully saturated rings. The van der Waals surface area contributed by atoms with Crippen LogP contribution in [-0.4, -0.2) is 32.2 Å². The average Bonchev–Trinajstić information content (AvgIpc) is 3.71. The molecule has 0 radical (unpaired) electrons. The first kappa shape index (κ1) is 29.3. The molecule has 1 aliphatic carbocycles. The van der Waals surface area contributed by atoms with Gasteiger partial charge in [0.05, 0.1) is 11.9 Å². The molecule has 0 bridgehead atoms. The number of carbonyl (C=O) groups is 2. The Kier molecular flexibility index (Phi) is 8.64. The second-order valence-electron chi connectivity index (χ2n) is 11.4. The highest BCUT2D eigenvalue weighted by molar-refractivity contribution is 6.31. The lowest BCUT2D eigenvalue weighted by molar-refractivity contribution is -0.126. The van der Waals surface area contributed by atoms with Crippen LogP contribution in [0.2, 0.25) is 5.02 Å². The van der Waals surface area contributed by atoms with Crippen LogP contribution in [0.25, 0.3) is 22.4 Å². The van der Waals surface area contributed by atoms with Crippen molar-refractivity contribution in [3.8, 4) is 22.4 Å². The minimum Gasteiger partial charge on any atom is -0.344 e. The van der Waals surface area contributed by atoms with E-state index in [1.807, 2.05) is 81.3 Å². The Hall–Kier alpha value is -4.17. The van der Waals surface area contributed by atoms with Gasteiger partial charge in [0.2, 0.25) is 11.8 Å². The molecule has 1 saturated carbocycles. The van der Waals surface area contributed by atoms with Crippen molar-refractivity contribution in [2.75, 3.05) is 5.32 Å². The molecule has 0 aliphatic heterocycles. The Bertz CT molecular complexity index is 1650. The first-order valence-electron chi connectivity index (χ1n) is 14.3. The summed E-state index contributed by atoms with van der Waals surface area (Å²) >= 11 is 6.62. The standard InChI is InChI=1S/C33H36ClN5O3/c1-20(2)39-19-25(10-14-31(39)41)24-9-13-28(34)26(16-24)17-29(37-30(40)15-22-5-6-22)33(42)36-27-11-7-23(8-12-27)32-21(3)18-35-38(32)4/h7-14,16,18-20,22,29H,5-6,15,17H2,1-4H3,(H,36,42)(H,37,40)/t29-/m0/s1. The van der Waals surface area contributed by atoms with E-state index in [2.05, 4.69) is 15.7 Å². The predicted octanol–water partition coefficient (Wildman–Crippen LogP) is 5.92. The first-order valence-corrected chi connectivity index (χ1v) is 14.7. The van der Waals surface area contributed by atoms with E-state index in [0.29, 0.717) is 23.0 Å². The van der Waals surface area contributed by atoms with E-state index in [0.717, 1.165) is 46.4 Å². The lowest BCUT2D eigenvalue weighted by Gasteiger charge is -2.20. The second kappa shape index (κ2) is 12.4. The van der Waals surface area contributed by atoms with Gasteiger partial charge in [-0.25, -0.2) is 0 Å². The smallest absolute Gasteiger partial charge is 0.250 e. The third-order valence-electron chi connectivity index (χ3n) is 7.67. The Labute approximate surface area is 250 Å². The molecule has 42 heavy (non-hydrogen) atoms. The molecule has 1 aliphatic rings. The largest absolute Gasteiger partial charge is 0.344 e. The molecular formula is C33H36ClN5O3. The number of halogens is 1. The van der Waals surface area contributed by atoms with Gasteiger partial charge in [-0.05, 0) is 92.1 Å². The van der Waals surface area contributed by atoms with E-state index in [-0.39, 0.29) is 29.8 Å². The van der Waals surface area contributed by atoms with E-state index in [9.17, 15) is 14.4 Å².